The largest absolute Gasteiger partial charge is 0.326 e. The molecule has 0 aliphatic rings. The fourth-order valence-electron chi connectivity index (χ4n) is 1.12. The highest BCUT2D eigenvalue weighted by atomic mass is 16.1. The Morgan fingerprint density at radius 1 is 1.33 bits per heavy atom. The molecule has 1 amide bonds. The van der Waals surface area contributed by atoms with Crippen LogP contribution >= 0.6 is 0 Å². The van der Waals surface area contributed by atoms with Gasteiger partial charge >= 0.3 is 0 Å². The molecule has 82 valence electrons. The molecule has 0 saturated heterocycles. The summed E-state index contributed by atoms with van der Waals surface area (Å²) in [5, 5.41) is 2.73. The summed E-state index contributed by atoms with van der Waals surface area (Å²) in [6.07, 6.45) is 3.96. The topological polar surface area (TPSA) is 29.1 Å². The average molecular weight is 205 g/mol. The number of carbonyl (C=O) groups is 1. The zero-order valence-corrected chi connectivity index (χ0v) is 9.87. The number of hydrogen-bond acceptors (Lipinski definition) is 1. The molecule has 0 saturated carbocycles. The first-order valence-electron chi connectivity index (χ1n) is 5.22. The van der Waals surface area contributed by atoms with E-state index >= 15 is 0 Å². The van der Waals surface area contributed by atoms with Crippen LogP contribution in [0.1, 0.15) is 33.3 Å². The van der Waals surface area contributed by atoms with Crippen LogP contribution in [-0.4, -0.2) is 5.91 Å². The highest BCUT2D eigenvalue weighted by Crippen LogP contribution is 2.11. The third kappa shape index (κ3) is 5.68. The molecule has 0 radical (unpaired) electrons. The van der Waals surface area contributed by atoms with E-state index in [9.17, 15) is 4.79 Å². The molecule has 1 aromatic carbocycles. The minimum atomic E-state index is -0.0439. The van der Waals surface area contributed by atoms with Gasteiger partial charge in [-0.15, -0.1) is 0 Å². The van der Waals surface area contributed by atoms with E-state index in [4.69, 9.17) is 0 Å². The van der Waals surface area contributed by atoms with Gasteiger partial charge in [0.2, 0.25) is 5.91 Å². The first kappa shape index (κ1) is 13.4. The first-order chi connectivity index (χ1) is 7.22. The van der Waals surface area contributed by atoms with Crippen molar-refractivity contribution in [3.63, 3.8) is 0 Å². The monoisotopic (exact) mass is 205 g/mol. The van der Waals surface area contributed by atoms with Crippen molar-refractivity contribution in [1.82, 2.24) is 0 Å². The van der Waals surface area contributed by atoms with Gasteiger partial charge in [0, 0.05) is 12.6 Å². The van der Waals surface area contributed by atoms with Crippen LogP contribution in [0, 0.1) is 0 Å². The molecule has 2 nitrogen and oxygen atoms in total. The van der Waals surface area contributed by atoms with Gasteiger partial charge in [0.15, 0.2) is 0 Å². The average Bonchev–Trinajstić information content (AvgIpc) is 2.21. The number of benzene rings is 1. The Hall–Kier alpha value is -1.57. The van der Waals surface area contributed by atoms with Gasteiger partial charge in [-0.2, -0.15) is 0 Å². The lowest BCUT2D eigenvalue weighted by Gasteiger charge is -2.01. The van der Waals surface area contributed by atoms with Crippen molar-refractivity contribution < 1.29 is 4.79 Å². The maximum atomic E-state index is 10.8. The quantitative estimate of drug-likeness (QED) is 0.783. The van der Waals surface area contributed by atoms with Crippen LogP contribution in [-0.2, 0) is 4.79 Å². The lowest BCUT2D eigenvalue weighted by atomic mass is 10.2. The molecule has 0 spiro atoms. The van der Waals surface area contributed by atoms with E-state index in [2.05, 4.69) is 5.32 Å². The molecule has 0 bridgehead atoms. The molecule has 1 aromatic rings. The molecule has 0 aliphatic heterocycles. The Kier molecular flexibility index (Phi) is 6.98. The highest BCUT2D eigenvalue weighted by Gasteiger charge is 1.94. The van der Waals surface area contributed by atoms with Crippen molar-refractivity contribution in [2.75, 3.05) is 5.32 Å². The van der Waals surface area contributed by atoms with Crippen LogP contribution in [0.5, 0.6) is 0 Å². The van der Waals surface area contributed by atoms with E-state index in [0.29, 0.717) is 0 Å². The number of allylic oxidation sites excluding steroid dienone is 1. The van der Waals surface area contributed by atoms with Crippen LogP contribution in [0.4, 0.5) is 5.69 Å². The van der Waals surface area contributed by atoms with Crippen molar-refractivity contribution in [3.05, 3.63) is 35.9 Å². The van der Waals surface area contributed by atoms with Crippen molar-refractivity contribution >= 4 is 17.7 Å². The summed E-state index contributed by atoms with van der Waals surface area (Å²) in [4.78, 5) is 10.8. The Morgan fingerprint density at radius 2 is 2.00 bits per heavy atom. The lowest BCUT2D eigenvalue weighted by Crippen LogP contribution is -2.05. The molecule has 0 fully saturated rings. The molecule has 2 heteroatoms. The van der Waals surface area contributed by atoms with Crippen molar-refractivity contribution in [3.8, 4) is 0 Å². The molecule has 0 aromatic heterocycles. The van der Waals surface area contributed by atoms with Crippen LogP contribution in [0.25, 0.3) is 6.08 Å². The predicted molar refractivity (Wildman–Crippen MR) is 66.8 cm³/mol. The van der Waals surface area contributed by atoms with E-state index in [1.807, 2.05) is 57.2 Å². The minimum absolute atomic E-state index is 0.0439. The Morgan fingerprint density at radius 3 is 2.53 bits per heavy atom. The normalized spacial score (nSPS) is 9.33. The van der Waals surface area contributed by atoms with Crippen LogP contribution in [0.2, 0.25) is 0 Å². The second-order valence-corrected chi connectivity index (χ2v) is 2.81. The molecule has 15 heavy (non-hydrogen) atoms. The third-order valence-corrected chi connectivity index (χ3v) is 1.57. The summed E-state index contributed by atoms with van der Waals surface area (Å²) in [5.41, 5.74) is 1.93. The summed E-state index contributed by atoms with van der Waals surface area (Å²) in [6.45, 7) is 7.47. The van der Waals surface area contributed by atoms with E-state index in [1.165, 1.54) is 6.92 Å². The van der Waals surface area contributed by atoms with Gasteiger partial charge in [-0.1, -0.05) is 38.1 Å². The van der Waals surface area contributed by atoms with Crippen molar-refractivity contribution in [2.24, 2.45) is 0 Å². The van der Waals surface area contributed by atoms with Gasteiger partial charge in [0.05, 0.1) is 0 Å². The van der Waals surface area contributed by atoms with E-state index in [-0.39, 0.29) is 5.91 Å². The molecular weight excluding hydrogens is 186 g/mol. The Labute approximate surface area is 92.0 Å². The fourth-order valence-corrected chi connectivity index (χ4v) is 1.12. The minimum Gasteiger partial charge on any atom is -0.326 e. The van der Waals surface area contributed by atoms with E-state index < -0.39 is 0 Å². The zero-order chi connectivity index (χ0) is 11.7. The molecule has 0 aliphatic carbocycles. The second-order valence-electron chi connectivity index (χ2n) is 2.81. The Balaban J connectivity index is 0.000000921. The molecule has 1 rings (SSSR count). The maximum Gasteiger partial charge on any atom is 0.221 e. The third-order valence-electron chi connectivity index (χ3n) is 1.57. The van der Waals surface area contributed by atoms with Crippen LogP contribution < -0.4 is 5.32 Å². The summed E-state index contributed by atoms with van der Waals surface area (Å²) in [7, 11) is 0. The molecule has 0 heterocycles. The summed E-state index contributed by atoms with van der Waals surface area (Å²) in [6, 6.07) is 7.71. The number of nitrogens with one attached hydrogen (secondary N) is 1. The molecule has 0 atom stereocenters. The maximum absolute atomic E-state index is 10.8. The fraction of sp³-hybridized carbons (Fsp3) is 0.308. The van der Waals surface area contributed by atoms with Crippen LogP contribution in [0.3, 0.4) is 0 Å². The lowest BCUT2D eigenvalue weighted by molar-refractivity contribution is -0.114. The molecular formula is C13H19NO. The van der Waals surface area contributed by atoms with Gasteiger partial charge in [-0.25, -0.2) is 0 Å². The van der Waals surface area contributed by atoms with Crippen LogP contribution in [0.15, 0.2) is 30.3 Å². The predicted octanol–water partition coefficient (Wildman–Crippen LogP) is 3.70. The van der Waals surface area contributed by atoms with Gasteiger partial charge < -0.3 is 5.32 Å². The summed E-state index contributed by atoms with van der Waals surface area (Å²) < 4.78 is 0. The highest BCUT2D eigenvalue weighted by molar-refractivity contribution is 5.88. The van der Waals surface area contributed by atoms with E-state index in [0.717, 1.165) is 11.3 Å². The summed E-state index contributed by atoms with van der Waals surface area (Å²) >= 11 is 0. The number of carbonyl (C=O) groups excluding carboxylic acids is 1. The van der Waals surface area contributed by atoms with Crippen molar-refractivity contribution in [2.45, 2.75) is 27.7 Å². The van der Waals surface area contributed by atoms with Crippen molar-refractivity contribution in [1.29, 1.82) is 0 Å². The zero-order valence-electron chi connectivity index (χ0n) is 9.87. The molecule has 1 N–H and O–H groups in total. The molecule has 0 unspecified atom stereocenters. The van der Waals surface area contributed by atoms with Gasteiger partial charge in [0.1, 0.15) is 0 Å². The Bertz CT molecular complexity index is 329. The smallest absolute Gasteiger partial charge is 0.221 e. The summed E-state index contributed by atoms with van der Waals surface area (Å²) in [5.74, 6) is -0.0439. The number of amides is 1. The van der Waals surface area contributed by atoms with Gasteiger partial charge in [-0.3, -0.25) is 4.79 Å². The first-order valence-corrected chi connectivity index (χ1v) is 5.22. The number of hydrogen-bond donors (Lipinski definition) is 1. The van der Waals surface area contributed by atoms with E-state index in [1.54, 1.807) is 0 Å². The SMILES string of the molecule is C/C=C/c1cccc(NC(C)=O)c1.CC. The van der Waals surface area contributed by atoms with Gasteiger partial charge in [0.25, 0.3) is 0 Å². The van der Waals surface area contributed by atoms with Gasteiger partial charge in [-0.05, 0) is 24.6 Å². The second kappa shape index (κ2) is 7.80. The number of rotatable bonds is 2. The standard InChI is InChI=1S/C11H13NO.C2H6/c1-3-5-10-6-4-7-11(8-10)12-9(2)13;1-2/h3-8H,1-2H3,(H,12,13);1-2H3/b5-3+;. The number of anilines is 1.